The van der Waals surface area contributed by atoms with Gasteiger partial charge in [-0.05, 0) is 79.8 Å². The van der Waals surface area contributed by atoms with Gasteiger partial charge in [-0.15, -0.1) is 0 Å². The van der Waals surface area contributed by atoms with Crippen LogP contribution in [0.25, 0.3) is 11.4 Å². The first-order valence-electron chi connectivity index (χ1n) is 15.8. The Morgan fingerprint density at radius 1 is 0.721 bits per heavy atom. The van der Waals surface area contributed by atoms with Crippen molar-refractivity contribution in [1.29, 1.82) is 0 Å². The van der Waals surface area contributed by atoms with E-state index >= 15 is 0 Å². The van der Waals surface area contributed by atoms with Crippen LogP contribution in [0.15, 0.2) is 60.9 Å². The summed E-state index contributed by atoms with van der Waals surface area (Å²) >= 11 is 0. The van der Waals surface area contributed by atoms with E-state index in [1.165, 1.54) is 69.2 Å². The molecular weight excluding hydrogens is 553 g/mol. The van der Waals surface area contributed by atoms with Gasteiger partial charge in [-0.2, -0.15) is 13.2 Å². The standard InChI is InChI=1S/C35H45F3N2O3/c1-3-5-7-9-10-11-12-13-15-27-25-39-33(40-26-27)28-17-21-30(22-18-28)42-31-23-19-29(20-24-31)34(41)43-32(35(36,37)38)16-14-8-6-4-2/h17-26,32H,3-16H2,1-2H3. The molecule has 1 unspecified atom stereocenters. The predicted molar refractivity (Wildman–Crippen MR) is 164 cm³/mol. The molecule has 0 aliphatic rings. The van der Waals surface area contributed by atoms with Gasteiger partial charge in [-0.3, -0.25) is 0 Å². The Morgan fingerprint density at radius 3 is 1.79 bits per heavy atom. The maximum absolute atomic E-state index is 13.4. The minimum absolute atomic E-state index is 0.0357. The molecular formula is C35H45F3N2O3. The summed E-state index contributed by atoms with van der Waals surface area (Å²) in [6.45, 7) is 4.22. The van der Waals surface area contributed by atoms with Crippen LogP contribution in [0.5, 0.6) is 11.5 Å². The van der Waals surface area contributed by atoms with Crippen molar-refractivity contribution in [1.82, 2.24) is 9.97 Å². The highest BCUT2D eigenvalue weighted by Crippen LogP contribution is 2.29. The summed E-state index contributed by atoms with van der Waals surface area (Å²) < 4.78 is 50.8. The number of carbonyl (C=O) groups excluding carboxylic acids is 1. The van der Waals surface area contributed by atoms with Gasteiger partial charge < -0.3 is 9.47 Å². The Balaban J connectivity index is 1.46. The second-order valence-electron chi connectivity index (χ2n) is 11.1. The minimum atomic E-state index is -4.60. The average Bonchev–Trinajstić information content (AvgIpc) is 3.00. The Bertz CT molecular complexity index is 1200. The van der Waals surface area contributed by atoms with E-state index in [0.717, 1.165) is 36.8 Å². The molecule has 0 amide bonds. The van der Waals surface area contributed by atoms with Gasteiger partial charge in [0.05, 0.1) is 5.56 Å². The number of alkyl halides is 3. The first kappa shape index (κ1) is 34.1. The molecule has 0 saturated heterocycles. The van der Waals surface area contributed by atoms with E-state index in [1.807, 2.05) is 31.5 Å². The Morgan fingerprint density at radius 2 is 1.23 bits per heavy atom. The third-order valence-corrected chi connectivity index (χ3v) is 7.40. The second kappa shape index (κ2) is 18.3. The summed E-state index contributed by atoms with van der Waals surface area (Å²) in [5, 5.41) is 0. The molecule has 0 aliphatic heterocycles. The van der Waals surface area contributed by atoms with E-state index in [4.69, 9.17) is 9.47 Å². The lowest BCUT2D eigenvalue weighted by Crippen LogP contribution is -2.33. The van der Waals surface area contributed by atoms with Gasteiger partial charge in [-0.1, -0.05) is 78.1 Å². The highest BCUT2D eigenvalue weighted by molar-refractivity contribution is 5.89. The maximum Gasteiger partial charge on any atom is 0.425 e. The first-order chi connectivity index (χ1) is 20.8. The fraction of sp³-hybridized carbons (Fsp3) is 0.514. The third-order valence-electron chi connectivity index (χ3n) is 7.40. The summed E-state index contributed by atoms with van der Waals surface area (Å²) in [7, 11) is 0. The minimum Gasteiger partial charge on any atom is -0.457 e. The lowest BCUT2D eigenvalue weighted by Gasteiger charge is -2.20. The molecule has 234 valence electrons. The van der Waals surface area contributed by atoms with Crippen LogP contribution in [0.1, 0.15) is 113 Å². The highest BCUT2D eigenvalue weighted by atomic mass is 19.4. The van der Waals surface area contributed by atoms with E-state index < -0.39 is 18.2 Å². The van der Waals surface area contributed by atoms with Crippen molar-refractivity contribution < 1.29 is 27.4 Å². The zero-order valence-corrected chi connectivity index (χ0v) is 25.5. The number of nitrogens with zero attached hydrogens (tertiary/aromatic N) is 2. The third kappa shape index (κ3) is 12.4. The molecule has 8 heteroatoms. The van der Waals surface area contributed by atoms with E-state index in [0.29, 0.717) is 30.2 Å². The van der Waals surface area contributed by atoms with E-state index in [1.54, 1.807) is 12.1 Å². The van der Waals surface area contributed by atoms with Gasteiger partial charge in [0.1, 0.15) is 11.5 Å². The van der Waals surface area contributed by atoms with Crippen molar-refractivity contribution in [2.45, 2.75) is 116 Å². The molecule has 5 nitrogen and oxygen atoms in total. The molecule has 0 aliphatic carbocycles. The largest absolute Gasteiger partial charge is 0.457 e. The van der Waals surface area contributed by atoms with Crippen molar-refractivity contribution in [2.75, 3.05) is 0 Å². The van der Waals surface area contributed by atoms with Gasteiger partial charge in [-0.25, -0.2) is 14.8 Å². The van der Waals surface area contributed by atoms with Crippen molar-refractivity contribution in [3.05, 3.63) is 72.1 Å². The number of esters is 1. The maximum atomic E-state index is 13.4. The van der Waals surface area contributed by atoms with Crippen LogP contribution in [0.3, 0.4) is 0 Å². The van der Waals surface area contributed by atoms with Crippen LogP contribution in [-0.2, 0) is 11.2 Å². The molecule has 0 radical (unpaired) electrons. The summed E-state index contributed by atoms with van der Waals surface area (Å²) in [6, 6.07) is 13.2. The van der Waals surface area contributed by atoms with Crippen LogP contribution >= 0.6 is 0 Å². The zero-order chi connectivity index (χ0) is 30.9. The number of rotatable bonds is 19. The predicted octanol–water partition coefficient (Wildman–Crippen LogP) is 10.7. The van der Waals surface area contributed by atoms with Crippen LogP contribution in [0, 0.1) is 0 Å². The van der Waals surface area contributed by atoms with Crippen molar-refractivity contribution in [3.63, 3.8) is 0 Å². The average molecular weight is 599 g/mol. The number of carbonyl (C=O) groups is 1. The van der Waals surface area contributed by atoms with Crippen molar-refractivity contribution >= 4 is 5.97 Å². The normalized spacial score (nSPS) is 12.2. The Kier molecular flexibility index (Phi) is 14.5. The van der Waals surface area contributed by atoms with E-state index in [-0.39, 0.29) is 12.0 Å². The molecule has 1 heterocycles. The summed E-state index contributed by atoms with van der Waals surface area (Å²) in [5.74, 6) is 0.640. The molecule has 2 aromatic carbocycles. The molecule has 3 aromatic rings. The number of halogens is 3. The number of ether oxygens (including phenoxy) is 2. The molecule has 0 fully saturated rings. The summed E-state index contributed by atoms with van der Waals surface area (Å²) in [4.78, 5) is 21.5. The van der Waals surface area contributed by atoms with Crippen LogP contribution < -0.4 is 4.74 Å². The SMILES string of the molecule is CCCCCCCCCCc1cnc(-c2ccc(Oc3ccc(C(=O)OC(CCCCCC)C(F)(F)F)cc3)cc2)nc1. The van der Waals surface area contributed by atoms with Crippen molar-refractivity contribution in [3.8, 4) is 22.9 Å². The smallest absolute Gasteiger partial charge is 0.425 e. The fourth-order valence-corrected chi connectivity index (χ4v) is 4.81. The molecule has 0 N–H and O–H groups in total. The van der Waals surface area contributed by atoms with Gasteiger partial charge in [0.2, 0.25) is 0 Å². The number of hydrogen-bond acceptors (Lipinski definition) is 5. The molecule has 1 atom stereocenters. The summed E-state index contributed by atoms with van der Waals surface area (Å²) in [6.07, 6.45) is 10.9. The molecule has 0 bridgehead atoms. The first-order valence-corrected chi connectivity index (χ1v) is 15.8. The quantitative estimate of drug-likeness (QED) is 0.101. The lowest BCUT2D eigenvalue weighted by atomic mass is 10.1. The van der Waals surface area contributed by atoms with Crippen LogP contribution in [0.4, 0.5) is 13.2 Å². The highest BCUT2D eigenvalue weighted by Gasteiger charge is 2.42. The number of unbranched alkanes of at least 4 members (excludes halogenated alkanes) is 10. The monoisotopic (exact) mass is 598 g/mol. The van der Waals surface area contributed by atoms with Crippen LogP contribution in [-0.4, -0.2) is 28.2 Å². The topological polar surface area (TPSA) is 61.3 Å². The van der Waals surface area contributed by atoms with E-state index in [9.17, 15) is 18.0 Å². The number of benzene rings is 2. The van der Waals surface area contributed by atoms with Crippen molar-refractivity contribution in [2.24, 2.45) is 0 Å². The molecule has 0 saturated carbocycles. The molecule has 1 aromatic heterocycles. The number of aromatic nitrogens is 2. The van der Waals surface area contributed by atoms with Gasteiger partial charge in [0.25, 0.3) is 0 Å². The number of hydrogen-bond donors (Lipinski definition) is 0. The van der Waals surface area contributed by atoms with Gasteiger partial charge in [0, 0.05) is 18.0 Å². The van der Waals surface area contributed by atoms with Crippen LogP contribution in [0.2, 0.25) is 0 Å². The van der Waals surface area contributed by atoms with E-state index in [2.05, 4.69) is 16.9 Å². The molecule has 43 heavy (non-hydrogen) atoms. The Labute approximate surface area is 254 Å². The molecule has 3 rings (SSSR count). The Hall–Kier alpha value is -3.42. The zero-order valence-electron chi connectivity index (χ0n) is 25.5. The lowest BCUT2D eigenvalue weighted by molar-refractivity contribution is -0.206. The molecule has 0 spiro atoms. The van der Waals surface area contributed by atoms with Gasteiger partial charge in [0.15, 0.2) is 11.9 Å². The summed E-state index contributed by atoms with van der Waals surface area (Å²) in [5.41, 5.74) is 2.04. The second-order valence-corrected chi connectivity index (χ2v) is 11.1. The van der Waals surface area contributed by atoms with Gasteiger partial charge >= 0.3 is 12.1 Å². The number of aryl methyl sites for hydroxylation is 1. The fourth-order valence-electron chi connectivity index (χ4n) is 4.81.